The highest BCUT2D eigenvalue weighted by Crippen LogP contribution is 2.14. The summed E-state index contributed by atoms with van der Waals surface area (Å²) in [7, 11) is 0. The second kappa shape index (κ2) is 7.53. The Balaban J connectivity index is 1.99. The number of hydrogen-bond donors (Lipinski definition) is 1. The zero-order valence-electron chi connectivity index (χ0n) is 10.5. The lowest BCUT2D eigenvalue weighted by Crippen LogP contribution is -2.43. The molecule has 3 heteroatoms. The first-order valence-corrected chi connectivity index (χ1v) is 7.38. The molecule has 0 saturated carbocycles. The zero-order chi connectivity index (χ0) is 11.1. The van der Waals surface area contributed by atoms with Crippen LogP contribution in [0.2, 0.25) is 0 Å². The largest absolute Gasteiger partial charge is 0.315 e. The van der Waals surface area contributed by atoms with Crippen LogP contribution in [0.3, 0.4) is 0 Å². The van der Waals surface area contributed by atoms with Gasteiger partial charge in [0.2, 0.25) is 0 Å². The molecule has 0 spiro atoms. The summed E-state index contributed by atoms with van der Waals surface area (Å²) in [5.74, 6) is 3.45. The highest BCUT2D eigenvalue weighted by molar-refractivity contribution is 7.99. The van der Waals surface area contributed by atoms with E-state index in [-0.39, 0.29) is 0 Å². The first kappa shape index (κ1) is 13.3. The molecule has 1 rings (SSSR count). The second-order valence-corrected chi connectivity index (χ2v) is 6.04. The van der Waals surface area contributed by atoms with Crippen LogP contribution in [0.25, 0.3) is 0 Å². The summed E-state index contributed by atoms with van der Waals surface area (Å²) in [6, 6.07) is 0.774. The fraction of sp³-hybridized carbons (Fsp3) is 1.00. The lowest BCUT2D eigenvalue weighted by molar-refractivity contribution is 0.232. The predicted molar refractivity (Wildman–Crippen MR) is 70.7 cm³/mol. The molecule has 15 heavy (non-hydrogen) atoms. The SMILES string of the molecule is CC(C)CCNCCN1CCSCC1C. The molecule has 0 amide bonds. The molecule has 1 atom stereocenters. The maximum absolute atomic E-state index is 3.54. The minimum atomic E-state index is 0.774. The van der Waals surface area contributed by atoms with Crippen LogP contribution in [0, 0.1) is 5.92 Å². The normalized spacial score (nSPS) is 23.6. The van der Waals surface area contributed by atoms with Crippen molar-refractivity contribution >= 4 is 11.8 Å². The standard InChI is InChI=1S/C12H26N2S/c1-11(2)4-5-13-6-7-14-8-9-15-10-12(14)3/h11-13H,4-10H2,1-3H3. The number of nitrogens with one attached hydrogen (secondary N) is 1. The fourth-order valence-corrected chi connectivity index (χ4v) is 2.91. The summed E-state index contributed by atoms with van der Waals surface area (Å²) in [5, 5.41) is 3.54. The molecule has 0 radical (unpaired) electrons. The number of hydrogen-bond acceptors (Lipinski definition) is 3. The van der Waals surface area contributed by atoms with Gasteiger partial charge in [0.05, 0.1) is 0 Å². The van der Waals surface area contributed by atoms with Crippen molar-refractivity contribution in [2.24, 2.45) is 5.92 Å². The Morgan fingerprint density at radius 3 is 2.87 bits per heavy atom. The Hall–Kier alpha value is 0.270. The highest BCUT2D eigenvalue weighted by atomic mass is 32.2. The number of rotatable bonds is 6. The van der Waals surface area contributed by atoms with Gasteiger partial charge in [0, 0.05) is 37.2 Å². The molecule has 2 nitrogen and oxygen atoms in total. The van der Waals surface area contributed by atoms with Gasteiger partial charge in [0.1, 0.15) is 0 Å². The molecule has 1 heterocycles. The van der Waals surface area contributed by atoms with Gasteiger partial charge in [-0.1, -0.05) is 13.8 Å². The zero-order valence-corrected chi connectivity index (χ0v) is 11.3. The Labute approximate surface area is 99.2 Å². The molecule has 90 valence electrons. The first-order valence-electron chi connectivity index (χ1n) is 6.22. The van der Waals surface area contributed by atoms with E-state index in [4.69, 9.17) is 0 Å². The molecule has 0 aromatic heterocycles. The van der Waals surface area contributed by atoms with Crippen molar-refractivity contribution in [1.29, 1.82) is 0 Å². The van der Waals surface area contributed by atoms with E-state index in [0.29, 0.717) is 0 Å². The topological polar surface area (TPSA) is 15.3 Å². The van der Waals surface area contributed by atoms with E-state index >= 15 is 0 Å². The molecular formula is C12H26N2S. The Bertz CT molecular complexity index is 162. The van der Waals surface area contributed by atoms with Crippen molar-refractivity contribution in [3.05, 3.63) is 0 Å². The summed E-state index contributed by atoms with van der Waals surface area (Å²) < 4.78 is 0. The molecule has 1 unspecified atom stereocenters. The molecule has 1 N–H and O–H groups in total. The minimum absolute atomic E-state index is 0.774. The fourth-order valence-electron chi connectivity index (χ4n) is 1.83. The van der Waals surface area contributed by atoms with Gasteiger partial charge < -0.3 is 5.32 Å². The molecule has 1 saturated heterocycles. The number of thioether (sulfide) groups is 1. The smallest absolute Gasteiger partial charge is 0.0158 e. The second-order valence-electron chi connectivity index (χ2n) is 4.89. The monoisotopic (exact) mass is 230 g/mol. The van der Waals surface area contributed by atoms with E-state index in [0.717, 1.165) is 18.5 Å². The van der Waals surface area contributed by atoms with Gasteiger partial charge in [-0.3, -0.25) is 4.90 Å². The van der Waals surface area contributed by atoms with Crippen LogP contribution < -0.4 is 5.32 Å². The van der Waals surface area contributed by atoms with Gasteiger partial charge in [-0.25, -0.2) is 0 Å². The molecule has 0 aliphatic carbocycles. The summed E-state index contributed by atoms with van der Waals surface area (Å²) in [5.41, 5.74) is 0. The minimum Gasteiger partial charge on any atom is -0.315 e. The quantitative estimate of drug-likeness (QED) is 0.703. The van der Waals surface area contributed by atoms with Crippen LogP contribution >= 0.6 is 11.8 Å². The van der Waals surface area contributed by atoms with Crippen molar-refractivity contribution in [3.63, 3.8) is 0 Å². The average molecular weight is 230 g/mol. The molecule has 1 fully saturated rings. The summed E-state index contributed by atoms with van der Waals surface area (Å²) in [4.78, 5) is 2.61. The predicted octanol–water partition coefficient (Wildman–Crippen LogP) is 2.06. The average Bonchev–Trinajstić information content (AvgIpc) is 2.20. The van der Waals surface area contributed by atoms with E-state index in [2.05, 4.69) is 42.7 Å². The lowest BCUT2D eigenvalue weighted by atomic mass is 10.1. The van der Waals surface area contributed by atoms with E-state index in [1.54, 1.807) is 0 Å². The van der Waals surface area contributed by atoms with Crippen molar-refractivity contribution in [2.75, 3.05) is 37.7 Å². The molecule has 1 aliphatic heterocycles. The van der Waals surface area contributed by atoms with Gasteiger partial charge >= 0.3 is 0 Å². The molecular weight excluding hydrogens is 204 g/mol. The summed E-state index contributed by atoms with van der Waals surface area (Å²) in [6.07, 6.45) is 1.30. The van der Waals surface area contributed by atoms with E-state index in [9.17, 15) is 0 Å². The summed E-state index contributed by atoms with van der Waals surface area (Å²) in [6.45, 7) is 11.7. The van der Waals surface area contributed by atoms with Crippen LogP contribution in [0.1, 0.15) is 27.2 Å². The van der Waals surface area contributed by atoms with E-state index in [1.807, 2.05) is 0 Å². The van der Waals surface area contributed by atoms with Crippen LogP contribution in [-0.2, 0) is 0 Å². The maximum Gasteiger partial charge on any atom is 0.0158 e. The van der Waals surface area contributed by atoms with Gasteiger partial charge in [0.15, 0.2) is 0 Å². The molecule has 0 aromatic carbocycles. The third kappa shape index (κ3) is 5.79. The third-order valence-electron chi connectivity index (χ3n) is 2.98. The first-order chi connectivity index (χ1) is 7.20. The highest BCUT2D eigenvalue weighted by Gasteiger charge is 2.17. The van der Waals surface area contributed by atoms with Crippen LogP contribution in [0.5, 0.6) is 0 Å². The van der Waals surface area contributed by atoms with Gasteiger partial charge in [-0.05, 0) is 25.8 Å². The maximum atomic E-state index is 3.54. The Morgan fingerprint density at radius 2 is 2.20 bits per heavy atom. The van der Waals surface area contributed by atoms with Crippen molar-refractivity contribution in [2.45, 2.75) is 33.2 Å². The van der Waals surface area contributed by atoms with Crippen molar-refractivity contribution in [1.82, 2.24) is 10.2 Å². The van der Waals surface area contributed by atoms with Crippen LogP contribution in [0.4, 0.5) is 0 Å². The van der Waals surface area contributed by atoms with E-state index in [1.165, 1.54) is 37.6 Å². The van der Waals surface area contributed by atoms with Crippen LogP contribution in [-0.4, -0.2) is 48.6 Å². The Morgan fingerprint density at radius 1 is 1.40 bits per heavy atom. The van der Waals surface area contributed by atoms with Gasteiger partial charge in [-0.2, -0.15) is 11.8 Å². The van der Waals surface area contributed by atoms with Crippen LogP contribution in [0.15, 0.2) is 0 Å². The van der Waals surface area contributed by atoms with Crippen molar-refractivity contribution < 1.29 is 0 Å². The molecule has 0 aromatic rings. The molecule has 1 aliphatic rings. The Kier molecular flexibility index (Phi) is 6.69. The summed E-state index contributed by atoms with van der Waals surface area (Å²) >= 11 is 2.09. The van der Waals surface area contributed by atoms with Gasteiger partial charge in [0.25, 0.3) is 0 Å². The third-order valence-corrected chi connectivity index (χ3v) is 4.17. The van der Waals surface area contributed by atoms with Crippen molar-refractivity contribution in [3.8, 4) is 0 Å². The van der Waals surface area contributed by atoms with E-state index < -0.39 is 0 Å². The number of nitrogens with zero attached hydrogens (tertiary/aromatic N) is 1. The molecule has 0 bridgehead atoms. The van der Waals surface area contributed by atoms with Gasteiger partial charge in [-0.15, -0.1) is 0 Å². The lowest BCUT2D eigenvalue weighted by Gasteiger charge is -2.32.